The average Bonchev–Trinajstić information content (AvgIpc) is 3.30. The monoisotopic (exact) mass is 520 g/mol. The lowest BCUT2D eigenvalue weighted by atomic mass is 10.0. The van der Waals surface area contributed by atoms with Crippen LogP contribution in [0.15, 0.2) is 66.7 Å². The van der Waals surface area contributed by atoms with Crippen LogP contribution in [0.25, 0.3) is 20.8 Å². The molecule has 0 amide bonds. The largest absolute Gasteiger partial charge is 0.491 e. The van der Waals surface area contributed by atoms with Crippen molar-refractivity contribution in [2.75, 3.05) is 11.9 Å². The Morgan fingerprint density at radius 3 is 2.49 bits per heavy atom. The van der Waals surface area contributed by atoms with Gasteiger partial charge in [-0.25, -0.2) is 9.37 Å². The lowest BCUT2D eigenvalue weighted by Crippen LogP contribution is -2.32. The number of carboxylic acid groups (broad SMARTS) is 1. The maximum Gasteiger partial charge on any atom is 0.303 e. The lowest BCUT2D eigenvalue weighted by molar-refractivity contribution is -0.137. The molecule has 0 fully saturated rings. The van der Waals surface area contributed by atoms with E-state index in [0.717, 1.165) is 15.9 Å². The first-order valence-electron chi connectivity index (χ1n) is 12.2. The molecule has 1 aromatic heterocycles. The summed E-state index contributed by atoms with van der Waals surface area (Å²) in [6.07, 6.45) is 0.509. The van der Waals surface area contributed by atoms with Crippen LogP contribution in [0, 0.1) is 11.7 Å². The van der Waals surface area contributed by atoms with Crippen molar-refractivity contribution in [3.8, 4) is 16.3 Å². The van der Waals surface area contributed by atoms with Gasteiger partial charge in [-0.1, -0.05) is 26.0 Å². The van der Waals surface area contributed by atoms with Crippen LogP contribution < -0.4 is 10.1 Å². The van der Waals surface area contributed by atoms with Gasteiger partial charge in [0.15, 0.2) is 5.78 Å². The SMILES string of the molecule is CC(C)[C@@H](COc1ccc(-c2nc3ccccc3s2)c(F)c1)Nc1ccc(C(=O)CCCC(=O)O)cc1. The smallest absolute Gasteiger partial charge is 0.303 e. The van der Waals surface area contributed by atoms with Gasteiger partial charge in [0, 0.05) is 35.7 Å². The molecular formula is C29H29FN2O4S. The number of hydrogen-bond acceptors (Lipinski definition) is 6. The summed E-state index contributed by atoms with van der Waals surface area (Å²) in [5, 5.41) is 12.8. The second kappa shape index (κ2) is 12.0. The molecule has 0 unspecified atom stereocenters. The third-order valence-corrected chi connectivity index (χ3v) is 7.12. The molecule has 192 valence electrons. The third kappa shape index (κ3) is 6.92. The Hall–Kier alpha value is -3.78. The fourth-order valence-corrected chi connectivity index (χ4v) is 4.84. The number of nitrogens with zero attached hydrogens (tertiary/aromatic N) is 1. The number of hydrogen-bond donors (Lipinski definition) is 2. The zero-order valence-corrected chi connectivity index (χ0v) is 21.6. The number of halogens is 1. The first-order valence-corrected chi connectivity index (χ1v) is 13.0. The average molecular weight is 521 g/mol. The van der Waals surface area contributed by atoms with E-state index in [4.69, 9.17) is 9.84 Å². The summed E-state index contributed by atoms with van der Waals surface area (Å²) in [5.41, 5.74) is 2.69. The quantitative estimate of drug-likeness (QED) is 0.195. The highest BCUT2D eigenvalue weighted by atomic mass is 32.1. The molecule has 37 heavy (non-hydrogen) atoms. The van der Waals surface area contributed by atoms with Gasteiger partial charge >= 0.3 is 5.97 Å². The molecule has 4 aromatic rings. The van der Waals surface area contributed by atoms with Crippen LogP contribution in [0.5, 0.6) is 5.75 Å². The number of benzene rings is 3. The van der Waals surface area contributed by atoms with Crippen LogP contribution in [0.3, 0.4) is 0 Å². The van der Waals surface area contributed by atoms with Crippen molar-refractivity contribution in [1.29, 1.82) is 0 Å². The Labute approximate surface area is 219 Å². The molecule has 4 rings (SSSR count). The Balaban J connectivity index is 1.36. The van der Waals surface area contributed by atoms with Crippen molar-refractivity contribution in [3.63, 3.8) is 0 Å². The molecule has 0 saturated heterocycles. The van der Waals surface area contributed by atoms with Crippen molar-refractivity contribution in [2.45, 2.75) is 39.2 Å². The van der Waals surface area contributed by atoms with Gasteiger partial charge in [-0.15, -0.1) is 11.3 Å². The molecule has 0 bridgehead atoms. The minimum absolute atomic E-state index is 0.0178. The van der Waals surface area contributed by atoms with E-state index < -0.39 is 5.97 Å². The molecule has 0 aliphatic heterocycles. The number of thiazole rings is 1. The molecule has 2 N–H and O–H groups in total. The van der Waals surface area contributed by atoms with E-state index in [0.29, 0.717) is 34.9 Å². The van der Waals surface area contributed by atoms with Gasteiger partial charge in [0.1, 0.15) is 23.2 Å². The highest BCUT2D eigenvalue weighted by Crippen LogP contribution is 2.33. The molecule has 0 spiro atoms. The molecule has 6 nitrogen and oxygen atoms in total. The maximum atomic E-state index is 14.9. The number of rotatable bonds is 12. The predicted molar refractivity (Wildman–Crippen MR) is 145 cm³/mol. The number of carboxylic acids is 1. The number of aromatic nitrogens is 1. The van der Waals surface area contributed by atoms with Gasteiger partial charge in [0.25, 0.3) is 0 Å². The summed E-state index contributed by atoms with van der Waals surface area (Å²) < 4.78 is 21.9. The van der Waals surface area contributed by atoms with E-state index in [2.05, 4.69) is 24.1 Å². The molecule has 1 atom stereocenters. The van der Waals surface area contributed by atoms with Crippen LogP contribution in [0.4, 0.5) is 10.1 Å². The molecule has 0 aliphatic carbocycles. The van der Waals surface area contributed by atoms with E-state index in [1.807, 2.05) is 36.4 Å². The highest BCUT2D eigenvalue weighted by molar-refractivity contribution is 7.21. The first kappa shape index (κ1) is 26.3. The van der Waals surface area contributed by atoms with Crippen molar-refractivity contribution < 1.29 is 23.8 Å². The van der Waals surface area contributed by atoms with Gasteiger partial charge < -0.3 is 15.2 Å². The number of aliphatic carboxylic acids is 1. The first-order chi connectivity index (χ1) is 17.8. The predicted octanol–water partition coefficient (Wildman–Crippen LogP) is 7.06. The number of ether oxygens (including phenoxy) is 1. The fourth-order valence-electron chi connectivity index (χ4n) is 3.84. The minimum atomic E-state index is -0.902. The van der Waals surface area contributed by atoms with E-state index in [1.54, 1.807) is 24.3 Å². The fraction of sp³-hybridized carbons (Fsp3) is 0.276. The second-order valence-electron chi connectivity index (χ2n) is 9.18. The number of para-hydroxylation sites is 1. The number of nitrogens with one attached hydrogen (secondary N) is 1. The second-order valence-corrected chi connectivity index (χ2v) is 10.2. The molecule has 3 aromatic carbocycles. The number of anilines is 1. The van der Waals surface area contributed by atoms with Crippen LogP contribution in [0.2, 0.25) is 0 Å². The number of carbonyl (C=O) groups is 2. The van der Waals surface area contributed by atoms with Crippen LogP contribution in [0.1, 0.15) is 43.5 Å². The van der Waals surface area contributed by atoms with Crippen LogP contribution in [-0.2, 0) is 4.79 Å². The number of Topliss-reactive ketones (excluding diaryl/α,β-unsaturated/α-hetero) is 1. The van der Waals surface area contributed by atoms with Crippen molar-refractivity contribution >= 4 is 39.0 Å². The molecule has 1 heterocycles. The molecule has 0 radical (unpaired) electrons. The summed E-state index contributed by atoms with van der Waals surface area (Å²) in [7, 11) is 0. The van der Waals surface area contributed by atoms with Gasteiger partial charge in [-0.2, -0.15) is 0 Å². The molecule has 0 aliphatic rings. The topological polar surface area (TPSA) is 88.5 Å². The Morgan fingerprint density at radius 1 is 1.05 bits per heavy atom. The van der Waals surface area contributed by atoms with Crippen LogP contribution >= 0.6 is 11.3 Å². The molecular weight excluding hydrogens is 491 g/mol. The van der Waals surface area contributed by atoms with Gasteiger partial charge in [-0.05, 0) is 60.9 Å². The van der Waals surface area contributed by atoms with Gasteiger partial charge in [0.2, 0.25) is 0 Å². The number of carbonyl (C=O) groups excluding carboxylic acids is 1. The number of ketones is 1. The van der Waals surface area contributed by atoms with Crippen molar-refractivity contribution in [1.82, 2.24) is 4.98 Å². The number of fused-ring (bicyclic) bond motifs is 1. The van der Waals surface area contributed by atoms with Crippen molar-refractivity contribution in [2.24, 2.45) is 5.92 Å². The Morgan fingerprint density at radius 2 is 1.81 bits per heavy atom. The lowest BCUT2D eigenvalue weighted by Gasteiger charge is -2.24. The highest BCUT2D eigenvalue weighted by Gasteiger charge is 2.17. The maximum absolute atomic E-state index is 14.9. The Kier molecular flexibility index (Phi) is 8.50. The summed E-state index contributed by atoms with van der Waals surface area (Å²) in [6, 6.07) is 19.7. The standard InChI is InChI=1S/C29H29FN2O4S/c1-18(2)25(31-20-12-10-19(11-13-20)26(33)7-5-9-28(34)35)17-36-21-14-15-22(23(30)16-21)29-32-24-6-3-4-8-27(24)37-29/h3-4,6,8,10-16,18,25,31H,5,7,9,17H2,1-2H3,(H,34,35)/t25-/m1/s1. The summed E-state index contributed by atoms with van der Waals surface area (Å²) in [4.78, 5) is 27.4. The zero-order chi connectivity index (χ0) is 26.4. The Bertz CT molecular complexity index is 1350. The van der Waals surface area contributed by atoms with E-state index in [-0.39, 0.29) is 36.4 Å². The zero-order valence-electron chi connectivity index (χ0n) is 20.7. The molecule has 0 saturated carbocycles. The van der Waals surface area contributed by atoms with Crippen molar-refractivity contribution in [3.05, 3.63) is 78.1 Å². The van der Waals surface area contributed by atoms with E-state index in [9.17, 15) is 14.0 Å². The normalized spacial score (nSPS) is 12.0. The minimum Gasteiger partial charge on any atom is -0.491 e. The summed E-state index contributed by atoms with van der Waals surface area (Å²) >= 11 is 1.45. The summed E-state index contributed by atoms with van der Waals surface area (Å²) in [5.74, 6) is -0.690. The van der Waals surface area contributed by atoms with E-state index >= 15 is 0 Å². The third-order valence-electron chi connectivity index (χ3n) is 6.05. The van der Waals surface area contributed by atoms with E-state index in [1.165, 1.54) is 17.4 Å². The molecule has 8 heteroatoms. The summed E-state index contributed by atoms with van der Waals surface area (Å²) in [6.45, 7) is 4.46. The van der Waals surface area contributed by atoms with Gasteiger partial charge in [-0.3, -0.25) is 9.59 Å². The van der Waals surface area contributed by atoms with Crippen LogP contribution in [-0.4, -0.2) is 34.5 Å². The van der Waals surface area contributed by atoms with Gasteiger partial charge in [0.05, 0.1) is 16.3 Å².